The Balaban J connectivity index is 1.58. The van der Waals surface area contributed by atoms with Crippen LogP contribution in [-0.4, -0.2) is 32.9 Å². The summed E-state index contributed by atoms with van der Waals surface area (Å²) in [5.41, 5.74) is 1.73. The minimum Gasteiger partial charge on any atom is -0.449 e. The van der Waals surface area contributed by atoms with E-state index in [4.69, 9.17) is 20.9 Å². The highest BCUT2D eigenvalue weighted by atomic mass is 35.5. The Morgan fingerprint density at radius 1 is 1.37 bits per heavy atom. The molecule has 0 spiro atoms. The van der Waals surface area contributed by atoms with E-state index in [0.717, 1.165) is 5.56 Å². The first-order valence-corrected chi connectivity index (χ1v) is 8.51. The number of carbonyl (C=O) groups is 2. The molecule has 3 aromatic rings. The molecule has 140 valence electrons. The lowest BCUT2D eigenvalue weighted by Gasteiger charge is -2.11. The fraction of sp³-hybridized carbons (Fsp3) is 0.222. The molecule has 27 heavy (non-hydrogen) atoms. The Labute approximate surface area is 160 Å². The lowest BCUT2D eigenvalue weighted by Crippen LogP contribution is -2.29. The molecule has 1 atom stereocenters. The predicted molar refractivity (Wildman–Crippen MR) is 97.5 cm³/mol. The van der Waals surface area contributed by atoms with Gasteiger partial charge < -0.3 is 9.26 Å². The number of anilines is 1. The van der Waals surface area contributed by atoms with E-state index in [-0.39, 0.29) is 11.4 Å². The maximum Gasteiger partial charge on any atom is 0.342 e. The molecule has 8 nitrogen and oxygen atoms in total. The van der Waals surface area contributed by atoms with E-state index in [0.29, 0.717) is 17.3 Å². The second-order valence-electron chi connectivity index (χ2n) is 5.89. The number of amides is 1. The second-order valence-corrected chi connectivity index (χ2v) is 6.29. The van der Waals surface area contributed by atoms with Crippen LogP contribution in [0.5, 0.6) is 0 Å². The average Bonchev–Trinajstić information content (AvgIpc) is 3.26. The summed E-state index contributed by atoms with van der Waals surface area (Å²) < 4.78 is 11.6. The molecule has 2 heterocycles. The molecular weight excluding hydrogens is 372 g/mol. The highest BCUT2D eigenvalue weighted by molar-refractivity contribution is 6.31. The Kier molecular flexibility index (Phi) is 5.56. The number of aryl methyl sites for hydroxylation is 1. The van der Waals surface area contributed by atoms with Crippen LogP contribution in [0.1, 0.15) is 28.5 Å². The number of hydrogen-bond donors (Lipinski definition) is 1. The van der Waals surface area contributed by atoms with E-state index < -0.39 is 18.0 Å². The third-order valence-corrected chi connectivity index (χ3v) is 4.06. The molecule has 0 aliphatic carbocycles. The highest BCUT2D eigenvalue weighted by Crippen LogP contribution is 2.16. The molecule has 0 bridgehead atoms. The Morgan fingerprint density at radius 3 is 2.85 bits per heavy atom. The number of nitrogens with one attached hydrogen (secondary N) is 1. The van der Waals surface area contributed by atoms with E-state index in [1.165, 1.54) is 19.3 Å². The molecule has 1 amide bonds. The van der Waals surface area contributed by atoms with E-state index in [1.807, 2.05) is 18.2 Å². The molecule has 1 unspecified atom stereocenters. The van der Waals surface area contributed by atoms with Crippen molar-refractivity contribution in [2.24, 2.45) is 0 Å². The molecule has 9 heteroatoms. The number of aromatic nitrogens is 3. The lowest BCUT2D eigenvalue weighted by molar-refractivity contribution is -0.123. The molecule has 2 aromatic heterocycles. The first kappa shape index (κ1) is 18.7. The molecule has 0 radical (unpaired) electrons. The van der Waals surface area contributed by atoms with Crippen LogP contribution in [-0.2, 0) is 16.1 Å². The second kappa shape index (κ2) is 8.05. The molecule has 1 aromatic carbocycles. The van der Waals surface area contributed by atoms with Gasteiger partial charge in [-0.05, 0) is 25.5 Å². The van der Waals surface area contributed by atoms with Gasteiger partial charge >= 0.3 is 5.97 Å². The topological polar surface area (TPSA) is 99.2 Å². The van der Waals surface area contributed by atoms with Gasteiger partial charge in [0.15, 0.2) is 6.10 Å². The van der Waals surface area contributed by atoms with Crippen LogP contribution >= 0.6 is 11.6 Å². The standard InChI is InChI=1S/C18H17ClN4O4/c1-11-7-16(27-22-11)21-17(24)12(2)26-18(25)14-8-20-23(10-14)9-13-5-3-4-6-15(13)19/h3-8,10,12H,9H2,1-2H3,(H,21,24). The zero-order valence-electron chi connectivity index (χ0n) is 14.7. The fourth-order valence-electron chi connectivity index (χ4n) is 2.28. The van der Waals surface area contributed by atoms with Crippen molar-refractivity contribution in [3.63, 3.8) is 0 Å². The van der Waals surface area contributed by atoms with Gasteiger partial charge in [0, 0.05) is 17.3 Å². The fourth-order valence-corrected chi connectivity index (χ4v) is 2.48. The Bertz CT molecular complexity index is 966. The van der Waals surface area contributed by atoms with Crippen LogP contribution in [0.15, 0.2) is 47.2 Å². The number of benzene rings is 1. The van der Waals surface area contributed by atoms with E-state index >= 15 is 0 Å². The van der Waals surface area contributed by atoms with Crippen LogP contribution in [0.2, 0.25) is 5.02 Å². The van der Waals surface area contributed by atoms with Crippen molar-refractivity contribution >= 4 is 29.4 Å². The van der Waals surface area contributed by atoms with Gasteiger partial charge in [-0.15, -0.1) is 0 Å². The summed E-state index contributed by atoms with van der Waals surface area (Å²) in [6.45, 7) is 3.60. The molecule has 0 aliphatic rings. The number of nitrogens with zero attached hydrogens (tertiary/aromatic N) is 3. The Morgan fingerprint density at radius 2 is 2.15 bits per heavy atom. The maximum absolute atomic E-state index is 12.2. The number of hydrogen-bond acceptors (Lipinski definition) is 6. The van der Waals surface area contributed by atoms with E-state index in [1.54, 1.807) is 23.7 Å². The van der Waals surface area contributed by atoms with Crippen molar-refractivity contribution in [3.8, 4) is 0 Å². The summed E-state index contributed by atoms with van der Waals surface area (Å²) in [5, 5.41) is 10.9. The van der Waals surface area contributed by atoms with Crippen molar-refractivity contribution in [3.05, 3.63) is 64.6 Å². The highest BCUT2D eigenvalue weighted by Gasteiger charge is 2.21. The van der Waals surface area contributed by atoms with Crippen LogP contribution in [0.4, 0.5) is 5.88 Å². The van der Waals surface area contributed by atoms with Crippen LogP contribution in [0.25, 0.3) is 0 Å². The average molecular weight is 389 g/mol. The Hall–Kier alpha value is -3.13. The van der Waals surface area contributed by atoms with E-state index in [9.17, 15) is 9.59 Å². The third kappa shape index (κ3) is 4.73. The van der Waals surface area contributed by atoms with Gasteiger partial charge in [-0.3, -0.25) is 14.8 Å². The van der Waals surface area contributed by atoms with Gasteiger partial charge in [-0.1, -0.05) is 35.0 Å². The first-order chi connectivity index (χ1) is 12.9. The summed E-state index contributed by atoms with van der Waals surface area (Å²) in [4.78, 5) is 24.3. The molecule has 0 saturated heterocycles. The van der Waals surface area contributed by atoms with Gasteiger partial charge in [-0.25, -0.2) is 4.79 Å². The van der Waals surface area contributed by atoms with Crippen molar-refractivity contribution in [1.82, 2.24) is 14.9 Å². The lowest BCUT2D eigenvalue weighted by atomic mass is 10.2. The first-order valence-electron chi connectivity index (χ1n) is 8.13. The predicted octanol–water partition coefficient (Wildman–Crippen LogP) is 3.07. The number of carbonyl (C=O) groups excluding carboxylic acids is 2. The van der Waals surface area contributed by atoms with Gasteiger partial charge in [0.25, 0.3) is 5.91 Å². The molecule has 3 rings (SSSR count). The van der Waals surface area contributed by atoms with E-state index in [2.05, 4.69) is 15.6 Å². The SMILES string of the molecule is Cc1cc(NC(=O)C(C)OC(=O)c2cnn(Cc3ccccc3Cl)c2)on1. The summed E-state index contributed by atoms with van der Waals surface area (Å²) in [6, 6.07) is 8.93. The normalized spacial score (nSPS) is 11.8. The zero-order chi connectivity index (χ0) is 19.4. The monoisotopic (exact) mass is 388 g/mol. The molecule has 0 saturated carbocycles. The van der Waals surface area contributed by atoms with Gasteiger partial charge in [0.2, 0.25) is 5.88 Å². The third-order valence-electron chi connectivity index (χ3n) is 3.69. The van der Waals surface area contributed by atoms with Crippen LogP contribution < -0.4 is 5.32 Å². The minimum absolute atomic E-state index is 0.188. The van der Waals surface area contributed by atoms with Crippen molar-refractivity contribution < 1.29 is 18.8 Å². The van der Waals surface area contributed by atoms with Crippen molar-refractivity contribution in [2.75, 3.05) is 5.32 Å². The zero-order valence-corrected chi connectivity index (χ0v) is 15.4. The largest absolute Gasteiger partial charge is 0.449 e. The molecule has 1 N–H and O–H groups in total. The van der Waals surface area contributed by atoms with Gasteiger partial charge in [0.1, 0.15) is 0 Å². The van der Waals surface area contributed by atoms with Gasteiger partial charge in [-0.2, -0.15) is 5.10 Å². The number of halogens is 1. The molecule has 0 aliphatic heterocycles. The van der Waals surface area contributed by atoms with Crippen molar-refractivity contribution in [2.45, 2.75) is 26.5 Å². The summed E-state index contributed by atoms with van der Waals surface area (Å²) in [7, 11) is 0. The summed E-state index contributed by atoms with van der Waals surface area (Å²) in [5.74, 6) is -0.993. The van der Waals surface area contributed by atoms with Crippen LogP contribution in [0, 0.1) is 6.92 Å². The maximum atomic E-state index is 12.2. The summed E-state index contributed by atoms with van der Waals surface area (Å²) >= 11 is 6.13. The number of ether oxygens (including phenoxy) is 1. The molecule has 0 fully saturated rings. The number of esters is 1. The van der Waals surface area contributed by atoms with Crippen LogP contribution in [0.3, 0.4) is 0 Å². The minimum atomic E-state index is -1.02. The van der Waals surface area contributed by atoms with Crippen molar-refractivity contribution in [1.29, 1.82) is 0 Å². The quantitative estimate of drug-likeness (QED) is 0.651. The summed E-state index contributed by atoms with van der Waals surface area (Å²) in [6.07, 6.45) is 1.90. The van der Waals surface area contributed by atoms with Gasteiger partial charge in [0.05, 0.1) is 24.0 Å². The smallest absolute Gasteiger partial charge is 0.342 e. The number of rotatable bonds is 6. The molecular formula is C18H17ClN4O4.